The average Bonchev–Trinajstić information content (AvgIpc) is 3.14. The minimum Gasteiger partial charge on any atom is -0.507 e. The third kappa shape index (κ3) is 3.22. The Balaban J connectivity index is 1.86. The van der Waals surface area contributed by atoms with Crippen molar-refractivity contribution in [1.82, 2.24) is 4.57 Å². The van der Waals surface area contributed by atoms with Gasteiger partial charge in [-0.3, -0.25) is 0 Å². The number of esters is 1. The first-order valence-corrected chi connectivity index (χ1v) is 10.1. The topological polar surface area (TPSA) is 51.5 Å². The highest BCUT2D eigenvalue weighted by molar-refractivity contribution is 6.19. The first-order valence-electron chi connectivity index (χ1n) is 10.1. The number of carbonyl (C=O) groups excluding carboxylic acids is 1. The molecular formula is C27H21NO3. The summed E-state index contributed by atoms with van der Waals surface area (Å²) >= 11 is 0. The Morgan fingerprint density at radius 1 is 0.806 bits per heavy atom. The van der Waals surface area contributed by atoms with Gasteiger partial charge in [0, 0.05) is 11.9 Å². The lowest BCUT2D eigenvalue weighted by molar-refractivity contribution is 0.0603. The van der Waals surface area contributed by atoms with Gasteiger partial charge < -0.3 is 14.4 Å². The minimum atomic E-state index is -0.420. The van der Waals surface area contributed by atoms with E-state index in [4.69, 9.17) is 4.74 Å². The lowest BCUT2D eigenvalue weighted by atomic mass is 10.0. The highest BCUT2D eigenvalue weighted by Gasteiger charge is 2.21. The van der Waals surface area contributed by atoms with E-state index in [1.54, 1.807) is 12.1 Å². The number of hydrogen-bond acceptors (Lipinski definition) is 3. The van der Waals surface area contributed by atoms with E-state index in [-0.39, 0.29) is 5.75 Å². The average molecular weight is 407 g/mol. The quantitative estimate of drug-likeness (QED) is 0.372. The van der Waals surface area contributed by atoms with Crippen LogP contribution < -0.4 is 0 Å². The second kappa shape index (κ2) is 7.65. The van der Waals surface area contributed by atoms with Crippen LogP contribution in [0.25, 0.3) is 32.9 Å². The molecule has 0 aliphatic heterocycles. The number of rotatable bonds is 4. The molecule has 4 nitrogen and oxygen atoms in total. The maximum absolute atomic E-state index is 12.5. The van der Waals surface area contributed by atoms with Crippen LogP contribution in [0.5, 0.6) is 5.75 Å². The summed E-state index contributed by atoms with van der Waals surface area (Å²) in [5.41, 5.74) is 5.26. The summed E-state index contributed by atoms with van der Waals surface area (Å²) in [6.45, 7) is 0.614. The van der Waals surface area contributed by atoms with Crippen molar-refractivity contribution in [1.29, 1.82) is 0 Å². The Labute approximate surface area is 179 Å². The molecule has 0 unspecified atom stereocenters. The van der Waals surface area contributed by atoms with Crippen molar-refractivity contribution in [2.75, 3.05) is 7.11 Å². The zero-order valence-electron chi connectivity index (χ0n) is 17.1. The molecule has 0 bridgehead atoms. The molecule has 1 N–H and O–H groups in total. The number of ether oxygens (including phenoxy) is 1. The number of methoxy groups -OCH3 is 1. The van der Waals surface area contributed by atoms with E-state index in [2.05, 4.69) is 22.8 Å². The number of nitrogens with zero attached hydrogens (tertiary/aromatic N) is 1. The van der Waals surface area contributed by atoms with E-state index >= 15 is 0 Å². The second-order valence-electron chi connectivity index (χ2n) is 7.52. The number of aromatic hydroxyl groups is 1. The molecule has 0 aliphatic carbocycles. The van der Waals surface area contributed by atoms with Crippen LogP contribution in [0.2, 0.25) is 0 Å². The normalized spacial score (nSPS) is 11.1. The van der Waals surface area contributed by atoms with Gasteiger partial charge >= 0.3 is 5.97 Å². The number of aromatic nitrogens is 1. The van der Waals surface area contributed by atoms with E-state index in [0.717, 1.165) is 27.7 Å². The molecule has 1 heterocycles. The number of benzene rings is 4. The predicted molar refractivity (Wildman–Crippen MR) is 123 cm³/mol. The lowest BCUT2D eigenvalue weighted by Crippen LogP contribution is -2.02. The number of hydrogen-bond donors (Lipinski definition) is 1. The van der Waals surface area contributed by atoms with E-state index in [1.165, 1.54) is 7.11 Å². The van der Waals surface area contributed by atoms with Crippen LogP contribution in [-0.2, 0) is 11.3 Å². The summed E-state index contributed by atoms with van der Waals surface area (Å²) in [6, 6.07) is 29.5. The van der Waals surface area contributed by atoms with Gasteiger partial charge in [-0.1, -0.05) is 66.7 Å². The summed E-state index contributed by atoms with van der Waals surface area (Å²) in [5, 5.41) is 12.5. The van der Waals surface area contributed by atoms with Crippen LogP contribution in [-0.4, -0.2) is 22.8 Å². The van der Waals surface area contributed by atoms with Gasteiger partial charge in [0.25, 0.3) is 0 Å². The summed E-state index contributed by atoms with van der Waals surface area (Å²) in [4.78, 5) is 12.5. The molecule has 0 saturated heterocycles. The molecule has 0 radical (unpaired) electrons. The maximum Gasteiger partial charge on any atom is 0.338 e. The third-order valence-electron chi connectivity index (χ3n) is 5.67. The van der Waals surface area contributed by atoms with Gasteiger partial charge in [-0.2, -0.15) is 0 Å². The Morgan fingerprint density at radius 2 is 1.52 bits per heavy atom. The molecule has 152 valence electrons. The van der Waals surface area contributed by atoms with Crippen LogP contribution in [0.1, 0.15) is 15.9 Å². The third-order valence-corrected chi connectivity index (χ3v) is 5.67. The van der Waals surface area contributed by atoms with Gasteiger partial charge in [-0.05, 0) is 41.0 Å². The highest BCUT2D eigenvalue weighted by Crippen LogP contribution is 2.40. The summed E-state index contributed by atoms with van der Waals surface area (Å²) in [6.07, 6.45) is 0. The fourth-order valence-electron chi connectivity index (χ4n) is 4.25. The Bertz CT molecular complexity index is 1400. The van der Waals surface area contributed by atoms with Gasteiger partial charge in [0.2, 0.25) is 0 Å². The fraction of sp³-hybridized carbons (Fsp3) is 0.0741. The van der Waals surface area contributed by atoms with Crippen LogP contribution in [0, 0.1) is 0 Å². The number of fused-ring (bicyclic) bond motifs is 3. The number of carbonyl (C=O) groups is 1. The van der Waals surface area contributed by atoms with E-state index in [0.29, 0.717) is 22.9 Å². The van der Waals surface area contributed by atoms with E-state index < -0.39 is 5.97 Å². The molecule has 31 heavy (non-hydrogen) atoms. The van der Waals surface area contributed by atoms with Gasteiger partial charge in [-0.25, -0.2) is 4.79 Å². The highest BCUT2D eigenvalue weighted by atomic mass is 16.5. The molecule has 0 saturated carbocycles. The standard InChI is InChI=1S/C27H21NO3/c1-31-27(30)21-13-8-14-22-25(21)26-23(28(22)17-18-9-4-2-5-10-18)15-20(16-24(26)29)19-11-6-3-7-12-19/h2-16,29H,17H2,1H3. The van der Waals surface area contributed by atoms with Gasteiger partial charge in [0.15, 0.2) is 0 Å². The van der Waals surface area contributed by atoms with Crippen LogP contribution in [0.3, 0.4) is 0 Å². The molecule has 0 aliphatic rings. The molecule has 1 aromatic heterocycles. The first kappa shape index (κ1) is 18.9. The van der Waals surface area contributed by atoms with Crippen molar-refractivity contribution in [3.63, 3.8) is 0 Å². The van der Waals surface area contributed by atoms with Gasteiger partial charge in [0.05, 0.1) is 29.1 Å². The maximum atomic E-state index is 12.5. The van der Waals surface area contributed by atoms with Crippen molar-refractivity contribution < 1.29 is 14.6 Å². The number of phenols is 1. The molecule has 0 amide bonds. The van der Waals surface area contributed by atoms with Gasteiger partial charge in [-0.15, -0.1) is 0 Å². The SMILES string of the molecule is COC(=O)c1cccc2c1c1c(O)cc(-c3ccccc3)cc1n2Cc1ccccc1. The summed E-state index contributed by atoms with van der Waals surface area (Å²) in [5.74, 6) is -0.277. The lowest BCUT2D eigenvalue weighted by Gasteiger charge is -2.10. The molecule has 5 aromatic rings. The first-order chi connectivity index (χ1) is 15.2. The molecule has 0 spiro atoms. The van der Waals surface area contributed by atoms with Crippen LogP contribution in [0.4, 0.5) is 0 Å². The van der Waals surface area contributed by atoms with Gasteiger partial charge in [0.1, 0.15) is 5.75 Å². The number of phenolic OH excluding ortho intramolecular Hbond substituents is 1. The Hall–Kier alpha value is -4.05. The molecule has 0 atom stereocenters. The molecule has 5 rings (SSSR count). The molecular weight excluding hydrogens is 386 g/mol. The minimum absolute atomic E-state index is 0.143. The Kier molecular flexibility index (Phi) is 4.68. The van der Waals surface area contributed by atoms with E-state index in [1.807, 2.05) is 60.7 Å². The fourth-order valence-corrected chi connectivity index (χ4v) is 4.25. The van der Waals surface area contributed by atoms with Crippen LogP contribution in [0.15, 0.2) is 91.0 Å². The zero-order chi connectivity index (χ0) is 21.4. The smallest absolute Gasteiger partial charge is 0.338 e. The summed E-state index contributed by atoms with van der Waals surface area (Å²) < 4.78 is 7.18. The zero-order valence-corrected chi connectivity index (χ0v) is 17.1. The second-order valence-corrected chi connectivity index (χ2v) is 7.52. The van der Waals surface area contributed by atoms with Crippen molar-refractivity contribution in [2.24, 2.45) is 0 Å². The van der Waals surface area contributed by atoms with Crippen molar-refractivity contribution in [3.8, 4) is 16.9 Å². The van der Waals surface area contributed by atoms with Crippen molar-refractivity contribution in [3.05, 3.63) is 102 Å². The largest absolute Gasteiger partial charge is 0.507 e. The van der Waals surface area contributed by atoms with Crippen molar-refractivity contribution >= 4 is 27.8 Å². The Morgan fingerprint density at radius 3 is 2.23 bits per heavy atom. The molecule has 4 heteroatoms. The molecule has 4 aromatic carbocycles. The predicted octanol–water partition coefficient (Wildman–Crippen LogP) is 6.00. The van der Waals surface area contributed by atoms with Crippen LogP contribution >= 0.6 is 0 Å². The van der Waals surface area contributed by atoms with Crippen molar-refractivity contribution in [2.45, 2.75) is 6.54 Å². The summed E-state index contributed by atoms with van der Waals surface area (Å²) in [7, 11) is 1.37. The monoisotopic (exact) mass is 407 g/mol. The van der Waals surface area contributed by atoms with E-state index in [9.17, 15) is 9.90 Å². The molecule has 0 fully saturated rings.